The Hall–Kier alpha value is -2.35. The Morgan fingerprint density at radius 3 is 2.72 bits per heavy atom. The Morgan fingerprint density at radius 2 is 2.00 bits per heavy atom. The zero-order valence-electron chi connectivity index (χ0n) is 14.7. The molecule has 0 aliphatic carbocycles. The average Bonchev–Trinajstić information content (AvgIpc) is 3.02. The summed E-state index contributed by atoms with van der Waals surface area (Å²) in [5, 5.41) is 15.2. The lowest BCUT2D eigenvalue weighted by Crippen LogP contribution is -2.38. The summed E-state index contributed by atoms with van der Waals surface area (Å²) in [6, 6.07) is 6.83. The normalized spacial score (nSPS) is 20.2. The number of amides is 2. The van der Waals surface area contributed by atoms with Gasteiger partial charge in [0.2, 0.25) is 10.3 Å². The van der Waals surface area contributed by atoms with Crippen LogP contribution in [0.4, 0.5) is 20.7 Å². The number of hydrogen-bond acceptors (Lipinski definition) is 6. The zero-order chi connectivity index (χ0) is 17.8. The van der Waals surface area contributed by atoms with Crippen LogP contribution in [0.3, 0.4) is 0 Å². The molecule has 0 radical (unpaired) electrons. The van der Waals surface area contributed by atoms with Crippen molar-refractivity contribution in [1.82, 2.24) is 10.2 Å². The maximum Gasteiger partial charge on any atom is 0.325 e. The Bertz CT molecular complexity index is 725. The maximum absolute atomic E-state index is 12.1. The number of rotatable bonds is 4. The number of carbonyl (C=O) groups excluding carboxylic acids is 1. The van der Waals surface area contributed by atoms with Crippen LogP contribution in [0.15, 0.2) is 24.3 Å². The van der Waals surface area contributed by atoms with Crippen molar-refractivity contribution in [3.8, 4) is 5.75 Å². The summed E-state index contributed by atoms with van der Waals surface area (Å²) >= 11 is 1.40. The predicted octanol–water partition coefficient (Wildman–Crippen LogP) is 3.67. The molecule has 1 aliphatic heterocycles. The fourth-order valence-electron chi connectivity index (χ4n) is 3.17. The number of piperidine rings is 1. The fourth-order valence-corrected chi connectivity index (χ4v) is 3.93. The number of nitrogens with zero attached hydrogens (tertiary/aromatic N) is 3. The molecule has 0 saturated carbocycles. The Morgan fingerprint density at radius 1 is 1.24 bits per heavy atom. The van der Waals surface area contributed by atoms with Gasteiger partial charge in [-0.1, -0.05) is 31.3 Å². The van der Waals surface area contributed by atoms with E-state index >= 15 is 0 Å². The van der Waals surface area contributed by atoms with Crippen LogP contribution in [0, 0.1) is 11.8 Å². The molecule has 0 unspecified atom stereocenters. The number of nitrogens with one attached hydrogen (secondary N) is 2. The summed E-state index contributed by atoms with van der Waals surface area (Å²) in [7, 11) is 1.59. The average molecular weight is 361 g/mol. The van der Waals surface area contributed by atoms with Crippen LogP contribution >= 0.6 is 11.3 Å². The zero-order valence-corrected chi connectivity index (χ0v) is 15.5. The van der Waals surface area contributed by atoms with Gasteiger partial charge in [0, 0.05) is 24.8 Å². The van der Waals surface area contributed by atoms with Crippen LogP contribution in [0.1, 0.15) is 20.3 Å². The van der Waals surface area contributed by atoms with E-state index in [1.807, 2.05) is 12.1 Å². The Labute approximate surface area is 151 Å². The van der Waals surface area contributed by atoms with Gasteiger partial charge in [-0.25, -0.2) is 4.79 Å². The number of ether oxygens (including phenoxy) is 1. The summed E-state index contributed by atoms with van der Waals surface area (Å²) in [4.78, 5) is 14.4. The van der Waals surface area contributed by atoms with E-state index in [-0.39, 0.29) is 6.03 Å². The van der Waals surface area contributed by atoms with Gasteiger partial charge >= 0.3 is 6.03 Å². The second-order valence-electron chi connectivity index (χ2n) is 6.55. The minimum Gasteiger partial charge on any atom is -0.497 e. The summed E-state index contributed by atoms with van der Waals surface area (Å²) in [6.45, 7) is 6.47. The number of methoxy groups -OCH3 is 1. The minimum atomic E-state index is -0.351. The van der Waals surface area contributed by atoms with Crippen molar-refractivity contribution in [1.29, 1.82) is 0 Å². The first kappa shape index (κ1) is 17.5. The van der Waals surface area contributed by atoms with Gasteiger partial charge in [0.05, 0.1) is 7.11 Å². The molecule has 2 heterocycles. The molecule has 1 saturated heterocycles. The van der Waals surface area contributed by atoms with E-state index < -0.39 is 0 Å². The molecule has 134 valence electrons. The lowest BCUT2D eigenvalue weighted by molar-refractivity contribution is 0.262. The largest absolute Gasteiger partial charge is 0.497 e. The first-order valence-electron chi connectivity index (χ1n) is 8.34. The van der Waals surface area contributed by atoms with Crippen molar-refractivity contribution in [3.63, 3.8) is 0 Å². The highest BCUT2D eigenvalue weighted by atomic mass is 32.1. The molecule has 1 aliphatic rings. The van der Waals surface area contributed by atoms with Crippen molar-refractivity contribution >= 4 is 33.3 Å². The van der Waals surface area contributed by atoms with E-state index in [2.05, 4.69) is 39.6 Å². The summed E-state index contributed by atoms with van der Waals surface area (Å²) in [6.07, 6.45) is 1.24. The smallest absolute Gasteiger partial charge is 0.325 e. The number of urea groups is 1. The van der Waals surface area contributed by atoms with Crippen LogP contribution in [0.5, 0.6) is 5.75 Å². The molecule has 0 bridgehead atoms. The van der Waals surface area contributed by atoms with Gasteiger partial charge in [0.15, 0.2) is 0 Å². The van der Waals surface area contributed by atoms with Gasteiger partial charge in [-0.05, 0) is 30.4 Å². The van der Waals surface area contributed by atoms with Crippen molar-refractivity contribution < 1.29 is 9.53 Å². The van der Waals surface area contributed by atoms with Crippen LogP contribution < -0.4 is 20.3 Å². The highest BCUT2D eigenvalue weighted by molar-refractivity contribution is 7.19. The van der Waals surface area contributed by atoms with Crippen LogP contribution in [-0.2, 0) is 0 Å². The van der Waals surface area contributed by atoms with Crippen molar-refractivity contribution in [2.24, 2.45) is 11.8 Å². The first-order valence-corrected chi connectivity index (χ1v) is 9.15. The molecule has 25 heavy (non-hydrogen) atoms. The minimum absolute atomic E-state index is 0.351. The Balaban J connectivity index is 1.60. The molecule has 2 amide bonds. The molecule has 1 fully saturated rings. The molecule has 2 aromatic rings. The van der Waals surface area contributed by atoms with Crippen molar-refractivity contribution in [2.75, 3.05) is 35.7 Å². The van der Waals surface area contributed by atoms with Crippen LogP contribution in [-0.4, -0.2) is 36.4 Å². The number of aromatic nitrogens is 2. The van der Waals surface area contributed by atoms with E-state index in [9.17, 15) is 4.79 Å². The SMILES string of the molecule is COc1cccc(NC(=O)Nc2nnc(N3C[C@@H](C)C[C@H](C)C3)s2)c1. The predicted molar refractivity (Wildman–Crippen MR) is 101 cm³/mol. The molecular formula is C17H23N5O2S. The van der Waals surface area contributed by atoms with E-state index in [1.54, 1.807) is 19.2 Å². The topological polar surface area (TPSA) is 79.4 Å². The van der Waals surface area contributed by atoms with E-state index in [0.29, 0.717) is 28.4 Å². The third kappa shape index (κ3) is 4.60. The molecule has 3 rings (SSSR count). The third-order valence-electron chi connectivity index (χ3n) is 4.10. The number of hydrogen-bond donors (Lipinski definition) is 2. The first-order chi connectivity index (χ1) is 12.0. The summed E-state index contributed by atoms with van der Waals surface area (Å²) < 4.78 is 5.14. The van der Waals surface area contributed by atoms with E-state index in [1.165, 1.54) is 17.8 Å². The lowest BCUT2D eigenvalue weighted by atomic mass is 9.92. The lowest BCUT2D eigenvalue weighted by Gasteiger charge is -2.34. The standard InChI is InChI=1S/C17H23N5O2S/c1-11-7-12(2)10-22(9-11)17-21-20-16(25-17)19-15(23)18-13-5-4-6-14(8-13)24-3/h4-6,8,11-12H,7,9-10H2,1-3H3,(H2,18,19,20,23)/t11-,12-/m0/s1. The molecule has 2 N–H and O–H groups in total. The highest BCUT2D eigenvalue weighted by Crippen LogP contribution is 2.30. The maximum atomic E-state index is 12.1. The number of carbonyl (C=O) groups is 1. The molecule has 0 spiro atoms. The third-order valence-corrected chi connectivity index (χ3v) is 5.00. The second-order valence-corrected chi connectivity index (χ2v) is 7.51. The number of benzene rings is 1. The van der Waals surface area contributed by atoms with E-state index in [4.69, 9.17) is 4.74 Å². The molecule has 1 aromatic carbocycles. The van der Waals surface area contributed by atoms with Crippen LogP contribution in [0.2, 0.25) is 0 Å². The summed E-state index contributed by atoms with van der Waals surface area (Å²) in [5.74, 6) is 1.96. The molecule has 7 nitrogen and oxygen atoms in total. The van der Waals surface area contributed by atoms with E-state index in [0.717, 1.165) is 18.2 Å². The Kier molecular flexibility index (Phi) is 5.37. The molecule has 1 aromatic heterocycles. The van der Waals surface area contributed by atoms with Gasteiger partial charge in [-0.15, -0.1) is 10.2 Å². The van der Waals surface area contributed by atoms with Gasteiger partial charge in [0.25, 0.3) is 0 Å². The molecular weight excluding hydrogens is 338 g/mol. The fraction of sp³-hybridized carbons (Fsp3) is 0.471. The highest BCUT2D eigenvalue weighted by Gasteiger charge is 2.24. The van der Waals surface area contributed by atoms with Gasteiger partial charge in [-0.2, -0.15) is 0 Å². The molecule has 2 atom stereocenters. The van der Waals surface area contributed by atoms with Gasteiger partial charge < -0.3 is 15.0 Å². The molecule has 8 heteroatoms. The monoisotopic (exact) mass is 361 g/mol. The summed E-state index contributed by atoms with van der Waals surface area (Å²) in [5.41, 5.74) is 0.653. The van der Waals surface area contributed by atoms with Gasteiger partial charge in [-0.3, -0.25) is 5.32 Å². The van der Waals surface area contributed by atoms with Crippen LogP contribution in [0.25, 0.3) is 0 Å². The second kappa shape index (κ2) is 7.69. The van der Waals surface area contributed by atoms with Crippen molar-refractivity contribution in [2.45, 2.75) is 20.3 Å². The van der Waals surface area contributed by atoms with Gasteiger partial charge in [0.1, 0.15) is 5.75 Å². The van der Waals surface area contributed by atoms with Crippen molar-refractivity contribution in [3.05, 3.63) is 24.3 Å². The quantitative estimate of drug-likeness (QED) is 0.868. The number of anilines is 3.